The van der Waals surface area contributed by atoms with Crippen molar-refractivity contribution >= 4 is 34.8 Å². The maximum atomic E-state index is 12.7. The summed E-state index contributed by atoms with van der Waals surface area (Å²) in [6, 6.07) is 21.8. The lowest BCUT2D eigenvalue weighted by Gasteiger charge is -2.25. The SMILES string of the molecule is O=C(CC1CCOc2ccccc21)Nc1cc(C(=O)Nc2ccccc2)ccc1Cl. The lowest BCUT2D eigenvalue weighted by molar-refractivity contribution is -0.116. The van der Waals surface area contributed by atoms with Crippen molar-refractivity contribution in [1.29, 1.82) is 0 Å². The van der Waals surface area contributed by atoms with Crippen LogP contribution in [0.5, 0.6) is 5.75 Å². The first-order chi connectivity index (χ1) is 14.6. The van der Waals surface area contributed by atoms with Crippen LogP contribution in [0.3, 0.4) is 0 Å². The number of nitrogens with one attached hydrogen (secondary N) is 2. The summed E-state index contributed by atoms with van der Waals surface area (Å²) >= 11 is 6.26. The summed E-state index contributed by atoms with van der Waals surface area (Å²) in [7, 11) is 0. The number of rotatable bonds is 5. The molecule has 0 aromatic heterocycles. The van der Waals surface area contributed by atoms with Gasteiger partial charge >= 0.3 is 0 Å². The Morgan fingerprint density at radius 1 is 0.967 bits per heavy atom. The van der Waals surface area contributed by atoms with E-state index in [-0.39, 0.29) is 17.7 Å². The number of ether oxygens (including phenoxy) is 1. The quantitative estimate of drug-likeness (QED) is 0.573. The topological polar surface area (TPSA) is 67.4 Å². The number of para-hydroxylation sites is 2. The van der Waals surface area contributed by atoms with Gasteiger partial charge in [-0.25, -0.2) is 0 Å². The van der Waals surface area contributed by atoms with Crippen molar-refractivity contribution in [2.75, 3.05) is 17.2 Å². The van der Waals surface area contributed by atoms with Gasteiger partial charge in [0.15, 0.2) is 0 Å². The number of amides is 2. The summed E-state index contributed by atoms with van der Waals surface area (Å²) in [6.45, 7) is 0.588. The van der Waals surface area contributed by atoms with Crippen molar-refractivity contribution < 1.29 is 14.3 Å². The Labute approximate surface area is 180 Å². The van der Waals surface area contributed by atoms with Gasteiger partial charge < -0.3 is 15.4 Å². The van der Waals surface area contributed by atoms with E-state index in [1.54, 1.807) is 18.2 Å². The van der Waals surface area contributed by atoms with Gasteiger partial charge in [0.1, 0.15) is 5.75 Å². The Balaban J connectivity index is 1.45. The molecule has 3 aromatic carbocycles. The monoisotopic (exact) mass is 420 g/mol. The molecular weight excluding hydrogens is 400 g/mol. The molecule has 0 aliphatic carbocycles. The maximum absolute atomic E-state index is 12.7. The van der Waals surface area contributed by atoms with Crippen LogP contribution in [-0.2, 0) is 4.79 Å². The van der Waals surface area contributed by atoms with E-state index in [0.29, 0.717) is 35.0 Å². The molecule has 1 atom stereocenters. The molecule has 1 heterocycles. The molecule has 0 spiro atoms. The lowest BCUT2D eigenvalue weighted by atomic mass is 9.90. The summed E-state index contributed by atoms with van der Waals surface area (Å²) in [5, 5.41) is 6.06. The van der Waals surface area contributed by atoms with Crippen LogP contribution in [0.2, 0.25) is 5.02 Å². The molecule has 0 saturated carbocycles. The van der Waals surface area contributed by atoms with E-state index in [4.69, 9.17) is 16.3 Å². The predicted molar refractivity (Wildman–Crippen MR) is 118 cm³/mol. The number of hydrogen-bond acceptors (Lipinski definition) is 3. The predicted octanol–water partition coefficient (Wildman–Crippen LogP) is 5.49. The lowest BCUT2D eigenvalue weighted by Crippen LogP contribution is -2.21. The number of anilines is 2. The van der Waals surface area contributed by atoms with Crippen molar-refractivity contribution in [2.24, 2.45) is 0 Å². The van der Waals surface area contributed by atoms with Crippen LogP contribution in [0.1, 0.15) is 34.7 Å². The molecular formula is C24H21ClN2O3. The summed E-state index contributed by atoms with van der Waals surface area (Å²) in [6.07, 6.45) is 1.09. The first-order valence-corrected chi connectivity index (χ1v) is 10.2. The fourth-order valence-corrected chi connectivity index (χ4v) is 3.70. The molecule has 0 saturated heterocycles. The average molecular weight is 421 g/mol. The van der Waals surface area contributed by atoms with Crippen molar-refractivity contribution in [3.63, 3.8) is 0 Å². The second-order valence-corrected chi connectivity index (χ2v) is 7.55. The second-order valence-electron chi connectivity index (χ2n) is 7.14. The van der Waals surface area contributed by atoms with E-state index in [9.17, 15) is 9.59 Å². The second kappa shape index (κ2) is 9.01. The molecule has 0 radical (unpaired) electrons. The fourth-order valence-electron chi connectivity index (χ4n) is 3.54. The van der Waals surface area contributed by atoms with E-state index in [0.717, 1.165) is 17.7 Å². The molecule has 1 aliphatic rings. The van der Waals surface area contributed by atoms with Crippen LogP contribution in [0.25, 0.3) is 0 Å². The van der Waals surface area contributed by atoms with Gasteiger partial charge in [-0.3, -0.25) is 9.59 Å². The number of carbonyl (C=O) groups excluding carboxylic acids is 2. The number of fused-ring (bicyclic) bond motifs is 1. The number of hydrogen-bond donors (Lipinski definition) is 2. The smallest absolute Gasteiger partial charge is 0.255 e. The van der Waals surface area contributed by atoms with Crippen LogP contribution in [0.15, 0.2) is 72.8 Å². The summed E-state index contributed by atoms with van der Waals surface area (Å²) in [4.78, 5) is 25.2. The van der Waals surface area contributed by atoms with Crippen LogP contribution >= 0.6 is 11.6 Å². The van der Waals surface area contributed by atoms with Crippen molar-refractivity contribution in [2.45, 2.75) is 18.8 Å². The van der Waals surface area contributed by atoms with Gasteiger partial charge in [0.2, 0.25) is 5.91 Å². The van der Waals surface area contributed by atoms with E-state index in [2.05, 4.69) is 10.6 Å². The summed E-state index contributed by atoms with van der Waals surface area (Å²) in [5.41, 5.74) is 2.57. The largest absolute Gasteiger partial charge is 0.493 e. The number of halogens is 1. The zero-order valence-electron chi connectivity index (χ0n) is 16.2. The van der Waals surface area contributed by atoms with Gasteiger partial charge in [-0.15, -0.1) is 0 Å². The van der Waals surface area contributed by atoms with Crippen LogP contribution in [0, 0.1) is 0 Å². The molecule has 0 bridgehead atoms. The minimum Gasteiger partial charge on any atom is -0.493 e. The normalized spacial score (nSPS) is 14.9. The minimum atomic E-state index is -0.272. The third-order valence-corrected chi connectivity index (χ3v) is 5.38. The van der Waals surface area contributed by atoms with Gasteiger partial charge in [0.25, 0.3) is 5.91 Å². The van der Waals surface area contributed by atoms with Gasteiger partial charge in [-0.05, 0) is 54.3 Å². The summed E-state index contributed by atoms with van der Waals surface area (Å²) < 4.78 is 5.67. The zero-order valence-corrected chi connectivity index (χ0v) is 17.0. The fraction of sp³-hybridized carbons (Fsp3) is 0.167. The third-order valence-electron chi connectivity index (χ3n) is 5.05. The van der Waals surface area contributed by atoms with Crippen molar-refractivity contribution in [1.82, 2.24) is 0 Å². The van der Waals surface area contributed by atoms with Crippen LogP contribution in [-0.4, -0.2) is 18.4 Å². The highest BCUT2D eigenvalue weighted by Crippen LogP contribution is 2.36. The molecule has 6 heteroatoms. The molecule has 0 fully saturated rings. The van der Waals surface area contributed by atoms with Gasteiger partial charge in [0, 0.05) is 17.7 Å². The molecule has 30 heavy (non-hydrogen) atoms. The van der Waals surface area contributed by atoms with Crippen molar-refractivity contribution in [3.8, 4) is 5.75 Å². The van der Waals surface area contributed by atoms with E-state index in [1.165, 1.54) is 0 Å². The Bertz CT molecular complexity index is 1070. The standard InChI is InChI=1S/C24H21ClN2O3/c25-20-11-10-17(24(29)26-18-6-2-1-3-7-18)14-21(20)27-23(28)15-16-12-13-30-22-9-5-4-8-19(16)22/h1-11,14,16H,12-13,15H2,(H,26,29)(H,27,28). The maximum Gasteiger partial charge on any atom is 0.255 e. The van der Waals surface area contributed by atoms with E-state index >= 15 is 0 Å². The van der Waals surface area contributed by atoms with Crippen molar-refractivity contribution in [3.05, 3.63) is 88.9 Å². The van der Waals surface area contributed by atoms with Gasteiger partial charge in [-0.1, -0.05) is 48.0 Å². The molecule has 4 rings (SSSR count). The van der Waals surface area contributed by atoms with Gasteiger partial charge in [0.05, 0.1) is 17.3 Å². The van der Waals surface area contributed by atoms with E-state index in [1.807, 2.05) is 54.6 Å². The number of carbonyl (C=O) groups is 2. The summed E-state index contributed by atoms with van der Waals surface area (Å²) in [5.74, 6) is 0.489. The Kier molecular flexibility index (Phi) is 6.00. The first-order valence-electron chi connectivity index (χ1n) is 9.77. The average Bonchev–Trinajstić information content (AvgIpc) is 2.76. The van der Waals surface area contributed by atoms with E-state index < -0.39 is 0 Å². The van der Waals surface area contributed by atoms with Crippen LogP contribution in [0.4, 0.5) is 11.4 Å². The Hall–Kier alpha value is -3.31. The highest BCUT2D eigenvalue weighted by atomic mass is 35.5. The molecule has 152 valence electrons. The molecule has 5 nitrogen and oxygen atoms in total. The minimum absolute atomic E-state index is 0.0817. The molecule has 2 amide bonds. The molecule has 1 aliphatic heterocycles. The van der Waals surface area contributed by atoms with Crippen LogP contribution < -0.4 is 15.4 Å². The highest BCUT2D eigenvalue weighted by molar-refractivity contribution is 6.34. The Morgan fingerprint density at radius 2 is 1.73 bits per heavy atom. The molecule has 1 unspecified atom stereocenters. The Morgan fingerprint density at radius 3 is 2.57 bits per heavy atom. The first kappa shape index (κ1) is 20.0. The third kappa shape index (κ3) is 4.63. The number of benzene rings is 3. The molecule has 2 N–H and O–H groups in total. The zero-order chi connectivity index (χ0) is 20.9. The molecule has 3 aromatic rings. The van der Waals surface area contributed by atoms with Gasteiger partial charge in [-0.2, -0.15) is 0 Å². The highest BCUT2D eigenvalue weighted by Gasteiger charge is 2.24.